The van der Waals surface area contributed by atoms with E-state index < -0.39 is 0 Å². The predicted molar refractivity (Wildman–Crippen MR) is 86.9 cm³/mol. The van der Waals surface area contributed by atoms with Crippen LogP contribution in [0, 0.1) is 6.92 Å². The van der Waals surface area contributed by atoms with Gasteiger partial charge in [0.15, 0.2) is 0 Å². The second kappa shape index (κ2) is 6.15. The Kier molecular flexibility index (Phi) is 4.06. The molecule has 0 bridgehead atoms. The van der Waals surface area contributed by atoms with Gasteiger partial charge in [-0.1, -0.05) is 29.8 Å². The van der Waals surface area contributed by atoms with E-state index in [1.165, 1.54) is 16.9 Å². The fourth-order valence-corrected chi connectivity index (χ4v) is 2.89. The number of aromatic nitrogens is 1. The van der Waals surface area contributed by atoms with Crippen LogP contribution in [0.25, 0.3) is 10.6 Å². The molecule has 3 rings (SSSR count). The van der Waals surface area contributed by atoms with Crippen LogP contribution in [0.15, 0.2) is 52.5 Å². The van der Waals surface area contributed by atoms with Gasteiger partial charge in [-0.3, -0.25) is 4.79 Å². The van der Waals surface area contributed by atoms with Crippen molar-refractivity contribution in [3.63, 3.8) is 0 Å². The van der Waals surface area contributed by atoms with Crippen molar-refractivity contribution in [1.82, 2.24) is 10.3 Å². The van der Waals surface area contributed by atoms with Gasteiger partial charge in [-0.2, -0.15) is 0 Å². The van der Waals surface area contributed by atoms with E-state index in [0.717, 1.165) is 16.3 Å². The van der Waals surface area contributed by atoms with E-state index in [9.17, 15) is 4.79 Å². The Bertz CT molecular complexity index is 760. The van der Waals surface area contributed by atoms with Crippen LogP contribution in [-0.4, -0.2) is 10.9 Å². The first-order valence-electron chi connectivity index (χ1n) is 7.00. The van der Waals surface area contributed by atoms with Crippen LogP contribution in [0.5, 0.6) is 0 Å². The number of hydrogen-bond donors (Lipinski definition) is 1. The van der Waals surface area contributed by atoms with Gasteiger partial charge in [0.1, 0.15) is 16.5 Å². The van der Waals surface area contributed by atoms with Gasteiger partial charge >= 0.3 is 0 Å². The monoisotopic (exact) mass is 312 g/mol. The highest BCUT2D eigenvalue weighted by molar-refractivity contribution is 7.13. The molecule has 1 amide bonds. The lowest BCUT2D eigenvalue weighted by atomic mass is 10.2. The summed E-state index contributed by atoms with van der Waals surface area (Å²) in [5, 5.41) is 5.50. The van der Waals surface area contributed by atoms with Gasteiger partial charge in [0.2, 0.25) is 0 Å². The number of carbonyl (C=O) groups is 1. The first-order valence-corrected chi connectivity index (χ1v) is 7.88. The molecule has 1 aromatic carbocycles. The minimum Gasteiger partial charge on any atom is -0.467 e. The fourth-order valence-electron chi connectivity index (χ4n) is 2.09. The molecule has 22 heavy (non-hydrogen) atoms. The zero-order valence-electron chi connectivity index (χ0n) is 12.4. The highest BCUT2D eigenvalue weighted by Crippen LogP contribution is 2.24. The number of aryl methyl sites for hydroxylation is 1. The summed E-state index contributed by atoms with van der Waals surface area (Å²) in [4.78, 5) is 16.7. The number of amides is 1. The third-order valence-electron chi connectivity index (χ3n) is 3.35. The van der Waals surface area contributed by atoms with Crippen LogP contribution in [0.4, 0.5) is 0 Å². The average molecular weight is 312 g/mol. The lowest BCUT2D eigenvalue weighted by Gasteiger charge is -2.09. The summed E-state index contributed by atoms with van der Waals surface area (Å²) >= 11 is 1.47. The van der Waals surface area contributed by atoms with E-state index in [-0.39, 0.29) is 11.9 Å². The maximum atomic E-state index is 12.2. The number of nitrogens with one attached hydrogen (secondary N) is 1. The van der Waals surface area contributed by atoms with Crippen molar-refractivity contribution in [2.24, 2.45) is 0 Å². The topological polar surface area (TPSA) is 55.1 Å². The largest absolute Gasteiger partial charge is 0.467 e. The third kappa shape index (κ3) is 3.09. The molecule has 0 saturated heterocycles. The van der Waals surface area contributed by atoms with E-state index in [2.05, 4.69) is 10.3 Å². The first kappa shape index (κ1) is 14.5. The van der Waals surface area contributed by atoms with Gasteiger partial charge in [0, 0.05) is 10.9 Å². The van der Waals surface area contributed by atoms with Crippen molar-refractivity contribution in [3.8, 4) is 10.6 Å². The summed E-state index contributed by atoms with van der Waals surface area (Å²) in [7, 11) is 0. The molecule has 1 N–H and O–H groups in total. The Morgan fingerprint density at radius 3 is 2.73 bits per heavy atom. The summed E-state index contributed by atoms with van der Waals surface area (Å²) < 4.78 is 5.29. The molecule has 0 spiro atoms. The molecule has 0 unspecified atom stereocenters. The molecule has 2 aromatic heterocycles. The summed E-state index contributed by atoms with van der Waals surface area (Å²) in [6.45, 7) is 3.92. The standard InChI is InChI=1S/C17H16N2O2S/c1-11-5-7-13(8-6-11)17-19-14(10-22-17)16(20)18-12(2)15-4-3-9-21-15/h3-10,12H,1-2H3,(H,18,20)/t12-/m1/s1. The number of hydrogen-bond acceptors (Lipinski definition) is 4. The molecule has 0 aliphatic carbocycles. The molecule has 5 heteroatoms. The van der Waals surface area contributed by atoms with Crippen molar-refractivity contribution >= 4 is 17.2 Å². The maximum Gasteiger partial charge on any atom is 0.271 e. The second-order valence-corrected chi connectivity index (χ2v) is 5.97. The molecule has 4 nitrogen and oxygen atoms in total. The molecular weight excluding hydrogens is 296 g/mol. The summed E-state index contributed by atoms with van der Waals surface area (Å²) in [5.41, 5.74) is 2.65. The Labute approximate surface area is 132 Å². The minimum absolute atomic E-state index is 0.188. The smallest absolute Gasteiger partial charge is 0.271 e. The van der Waals surface area contributed by atoms with Crippen molar-refractivity contribution in [3.05, 3.63) is 65.1 Å². The molecule has 0 fully saturated rings. The van der Waals surface area contributed by atoms with E-state index in [1.54, 1.807) is 17.7 Å². The Morgan fingerprint density at radius 2 is 2.05 bits per heavy atom. The van der Waals surface area contributed by atoms with E-state index >= 15 is 0 Å². The quantitative estimate of drug-likeness (QED) is 0.785. The molecule has 0 radical (unpaired) electrons. The van der Waals surface area contributed by atoms with Gasteiger partial charge < -0.3 is 9.73 Å². The molecular formula is C17H16N2O2S. The number of rotatable bonds is 4. The van der Waals surface area contributed by atoms with Gasteiger partial charge in [-0.15, -0.1) is 11.3 Å². The normalized spacial score (nSPS) is 12.1. The number of nitrogens with zero attached hydrogens (tertiary/aromatic N) is 1. The Hall–Kier alpha value is -2.40. The molecule has 1 atom stereocenters. The van der Waals surface area contributed by atoms with Gasteiger partial charge in [-0.05, 0) is 26.0 Å². The fraction of sp³-hybridized carbons (Fsp3) is 0.176. The zero-order valence-corrected chi connectivity index (χ0v) is 13.2. The van der Waals surface area contributed by atoms with Crippen LogP contribution in [0.1, 0.15) is 34.8 Å². The third-order valence-corrected chi connectivity index (χ3v) is 4.24. The van der Waals surface area contributed by atoms with Crippen LogP contribution >= 0.6 is 11.3 Å². The second-order valence-electron chi connectivity index (χ2n) is 5.11. The van der Waals surface area contributed by atoms with Crippen molar-refractivity contribution in [1.29, 1.82) is 0 Å². The zero-order chi connectivity index (χ0) is 15.5. The molecule has 3 aromatic rings. The van der Waals surface area contributed by atoms with Crippen LogP contribution in [-0.2, 0) is 0 Å². The van der Waals surface area contributed by atoms with Crippen molar-refractivity contribution in [2.45, 2.75) is 19.9 Å². The van der Waals surface area contributed by atoms with E-state index in [0.29, 0.717) is 5.69 Å². The van der Waals surface area contributed by atoms with Crippen LogP contribution < -0.4 is 5.32 Å². The van der Waals surface area contributed by atoms with Gasteiger partial charge in [0.25, 0.3) is 5.91 Å². The minimum atomic E-state index is -0.196. The van der Waals surface area contributed by atoms with Crippen LogP contribution in [0.2, 0.25) is 0 Å². The Balaban J connectivity index is 1.73. The number of thiazole rings is 1. The predicted octanol–water partition coefficient (Wildman–Crippen LogP) is 4.20. The van der Waals surface area contributed by atoms with Gasteiger partial charge in [0.05, 0.1) is 12.3 Å². The Morgan fingerprint density at radius 1 is 1.27 bits per heavy atom. The summed E-state index contributed by atoms with van der Waals surface area (Å²) in [6.07, 6.45) is 1.59. The lowest BCUT2D eigenvalue weighted by Crippen LogP contribution is -2.26. The average Bonchev–Trinajstić information content (AvgIpc) is 3.20. The number of carbonyl (C=O) groups excluding carboxylic acids is 1. The first-order chi connectivity index (χ1) is 10.6. The van der Waals surface area contributed by atoms with Gasteiger partial charge in [-0.25, -0.2) is 4.98 Å². The molecule has 112 valence electrons. The number of furan rings is 1. The molecule has 2 heterocycles. The molecule has 0 aliphatic heterocycles. The molecule has 0 saturated carbocycles. The van der Waals surface area contributed by atoms with E-state index in [4.69, 9.17) is 4.42 Å². The molecule has 0 aliphatic rings. The number of benzene rings is 1. The summed E-state index contributed by atoms with van der Waals surface area (Å²) in [5.74, 6) is 0.529. The van der Waals surface area contributed by atoms with Crippen LogP contribution in [0.3, 0.4) is 0 Å². The van der Waals surface area contributed by atoms with Crippen molar-refractivity contribution < 1.29 is 9.21 Å². The summed E-state index contributed by atoms with van der Waals surface area (Å²) in [6, 6.07) is 11.6. The SMILES string of the molecule is Cc1ccc(-c2nc(C(=O)N[C@H](C)c3ccco3)cs2)cc1. The lowest BCUT2D eigenvalue weighted by molar-refractivity contribution is 0.0931. The highest BCUT2D eigenvalue weighted by atomic mass is 32.1. The van der Waals surface area contributed by atoms with E-state index in [1.807, 2.05) is 44.2 Å². The highest BCUT2D eigenvalue weighted by Gasteiger charge is 2.16. The van der Waals surface area contributed by atoms with Crippen molar-refractivity contribution in [2.75, 3.05) is 0 Å². The maximum absolute atomic E-state index is 12.2.